The van der Waals surface area contributed by atoms with E-state index in [1.165, 1.54) is 10.6 Å². The van der Waals surface area contributed by atoms with Crippen molar-refractivity contribution in [2.45, 2.75) is 0 Å². The van der Waals surface area contributed by atoms with E-state index in [1.807, 2.05) is 12.1 Å². The fourth-order valence-electron chi connectivity index (χ4n) is 3.28. The molecule has 5 aromatic rings. The molecular formula is C20H12N4O4. The molecule has 0 saturated heterocycles. The molecule has 0 fully saturated rings. The maximum atomic E-state index is 13.1. The van der Waals surface area contributed by atoms with Crippen LogP contribution in [0.2, 0.25) is 0 Å². The number of benzene rings is 2. The summed E-state index contributed by atoms with van der Waals surface area (Å²) < 4.78 is 11.9. The monoisotopic (exact) mass is 372 g/mol. The Morgan fingerprint density at radius 1 is 1.07 bits per heavy atom. The van der Waals surface area contributed by atoms with Gasteiger partial charge in [-0.15, -0.1) is 5.10 Å². The predicted molar refractivity (Wildman–Crippen MR) is 101 cm³/mol. The van der Waals surface area contributed by atoms with Crippen LogP contribution < -0.4 is 10.4 Å². The van der Waals surface area contributed by atoms with E-state index in [0.29, 0.717) is 27.8 Å². The lowest BCUT2D eigenvalue weighted by Gasteiger charge is -2.08. The average molecular weight is 372 g/mol. The first-order valence-electron chi connectivity index (χ1n) is 8.43. The Kier molecular flexibility index (Phi) is 3.45. The van der Waals surface area contributed by atoms with Gasteiger partial charge in [0.15, 0.2) is 11.4 Å². The van der Waals surface area contributed by atoms with E-state index in [-0.39, 0.29) is 22.4 Å². The van der Waals surface area contributed by atoms with E-state index in [9.17, 15) is 9.59 Å². The van der Waals surface area contributed by atoms with Crippen LogP contribution in [0.5, 0.6) is 5.75 Å². The highest BCUT2D eigenvalue weighted by atomic mass is 16.5. The zero-order valence-electron chi connectivity index (χ0n) is 14.6. The Hall–Kier alpha value is -4.07. The molecular weight excluding hydrogens is 360 g/mol. The lowest BCUT2D eigenvalue weighted by molar-refractivity contribution is 0.104. The lowest BCUT2D eigenvalue weighted by atomic mass is 10.0. The highest BCUT2D eigenvalue weighted by molar-refractivity contribution is 6.15. The van der Waals surface area contributed by atoms with Crippen molar-refractivity contribution < 1.29 is 13.9 Å². The molecule has 8 nitrogen and oxygen atoms in total. The standard InChI is InChI=1S/C20H12N4O4/c1-27-12-8-6-11(7-9-12)18(25)15-10-14-17(24-19(15)21-22-23-24)13-4-2-3-5-16(13)28-20(14)26/h2-10H,1H3. The van der Waals surface area contributed by atoms with E-state index < -0.39 is 5.63 Å². The number of aromatic nitrogens is 4. The molecule has 0 atom stereocenters. The molecule has 0 spiro atoms. The number of pyridine rings is 1. The summed E-state index contributed by atoms with van der Waals surface area (Å²) in [5.41, 5.74) is 1.27. The molecule has 0 radical (unpaired) electrons. The molecule has 0 aliphatic rings. The van der Waals surface area contributed by atoms with Crippen molar-refractivity contribution in [2.75, 3.05) is 7.11 Å². The lowest BCUT2D eigenvalue weighted by Crippen LogP contribution is -2.10. The zero-order valence-corrected chi connectivity index (χ0v) is 14.6. The number of hydrogen-bond donors (Lipinski definition) is 0. The molecule has 0 amide bonds. The molecule has 0 N–H and O–H groups in total. The van der Waals surface area contributed by atoms with Crippen LogP contribution in [0.15, 0.2) is 63.8 Å². The van der Waals surface area contributed by atoms with Gasteiger partial charge < -0.3 is 9.15 Å². The van der Waals surface area contributed by atoms with Crippen molar-refractivity contribution in [3.05, 3.63) is 76.1 Å². The van der Waals surface area contributed by atoms with Crippen LogP contribution in [0, 0.1) is 0 Å². The van der Waals surface area contributed by atoms with Crippen molar-refractivity contribution in [1.82, 2.24) is 20.0 Å². The van der Waals surface area contributed by atoms with Crippen LogP contribution in [0.3, 0.4) is 0 Å². The summed E-state index contributed by atoms with van der Waals surface area (Å²) in [6, 6.07) is 15.3. The maximum absolute atomic E-state index is 13.1. The quantitative estimate of drug-likeness (QED) is 0.273. The number of carbonyl (C=O) groups is 1. The predicted octanol–water partition coefficient (Wildman–Crippen LogP) is 2.62. The Balaban J connectivity index is 1.83. The molecule has 2 aromatic carbocycles. The van der Waals surface area contributed by atoms with E-state index in [0.717, 1.165) is 0 Å². The molecule has 3 aromatic heterocycles. The van der Waals surface area contributed by atoms with Crippen LogP contribution in [0.1, 0.15) is 15.9 Å². The summed E-state index contributed by atoms with van der Waals surface area (Å²) in [6.07, 6.45) is 0. The highest BCUT2D eigenvalue weighted by Crippen LogP contribution is 2.26. The number of nitrogens with zero attached hydrogens (tertiary/aromatic N) is 4. The molecule has 5 rings (SSSR count). The molecule has 8 heteroatoms. The number of ether oxygens (including phenoxy) is 1. The van der Waals surface area contributed by atoms with Gasteiger partial charge in [0, 0.05) is 10.9 Å². The second-order valence-corrected chi connectivity index (χ2v) is 6.18. The SMILES string of the molecule is COc1ccc(C(=O)c2cc3c(=O)oc4ccccc4c3n3nnnc23)cc1. The second-order valence-electron chi connectivity index (χ2n) is 6.18. The van der Waals surface area contributed by atoms with Gasteiger partial charge >= 0.3 is 5.63 Å². The van der Waals surface area contributed by atoms with Crippen LogP contribution in [0.25, 0.3) is 27.5 Å². The fourth-order valence-corrected chi connectivity index (χ4v) is 3.28. The minimum Gasteiger partial charge on any atom is -0.497 e. The Bertz CT molecular complexity index is 1430. The second kappa shape index (κ2) is 5.98. The summed E-state index contributed by atoms with van der Waals surface area (Å²) in [6.45, 7) is 0. The highest BCUT2D eigenvalue weighted by Gasteiger charge is 2.21. The molecule has 28 heavy (non-hydrogen) atoms. The Labute approximate surface area is 157 Å². The van der Waals surface area contributed by atoms with Crippen LogP contribution in [0.4, 0.5) is 0 Å². The van der Waals surface area contributed by atoms with Gasteiger partial charge in [-0.25, -0.2) is 4.79 Å². The van der Waals surface area contributed by atoms with E-state index in [4.69, 9.17) is 9.15 Å². The largest absolute Gasteiger partial charge is 0.497 e. The number of fused-ring (bicyclic) bond motifs is 5. The van der Waals surface area contributed by atoms with Gasteiger partial charge in [0.2, 0.25) is 0 Å². The average Bonchev–Trinajstić information content (AvgIpc) is 3.22. The van der Waals surface area contributed by atoms with Gasteiger partial charge in [0.1, 0.15) is 11.3 Å². The maximum Gasteiger partial charge on any atom is 0.345 e. The summed E-state index contributed by atoms with van der Waals surface area (Å²) in [5, 5.41) is 12.6. The van der Waals surface area contributed by atoms with Gasteiger partial charge in [-0.05, 0) is 52.9 Å². The molecule has 136 valence electrons. The van der Waals surface area contributed by atoms with Crippen LogP contribution >= 0.6 is 0 Å². The number of para-hydroxylation sites is 1. The minimum absolute atomic E-state index is 0.213. The number of carbonyl (C=O) groups excluding carboxylic acids is 1. The Morgan fingerprint density at radius 3 is 2.64 bits per heavy atom. The first kappa shape index (κ1) is 16.1. The van der Waals surface area contributed by atoms with Gasteiger partial charge in [0.25, 0.3) is 0 Å². The molecule has 0 bridgehead atoms. The minimum atomic E-state index is -0.560. The van der Waals surface area contributed by atoms with Crippen molar-refractivity contribution in [3.63, 3.8) is 0 Å². The number of ketones is 1. The van der Waals surface area contributed by atoms with Gasteiger partial charge in [-0.1, -0.05) is 12.1 Å². The van der Waals surface area contributed by atoms with Gasteiger partial charge in [-0.2, -0.15) is 4.52 Å². The van der Waals surface area contributed by atoms with Crippen molar-refractivity contribution in [2.24, 2.45) is 0 Å². The first-order chi connectivity index (χ1) is 13.7. The van der Waals surface area contributed by atoms with Crippen molar-refractivity contribution in [1.29, 1.82) is 0 Å². The smallest absolute Gasteiger partial charge is 0.345 e. The first-order valence-corrected chi connectivity index (χ1v) is 8.43. The molecule has 0 aliphatic heterocycles. The van der Waals surface area contributed by atoms with E-state index in [1.54, 1.807) is 43.5 Å². The summed E-state index contributed by atoms with van der Waals surface area (Å²) >= 11 is 0. The molecule has 0 saturated carbocycles. The summed E-state index contributed by atoms with van der Waals surface area (Å²) in [7, 11) is 1.55. The summed E-state index contributed by atoms with van der Waals surface area (Å²) in [5.74, 6) is 0.327. The molecule has 3 heterocycles. The normalized spacial score (nSPS) is 11.3. The number of rotatable bonds is 3. The van der Waals surface area contributed by atoms with Crippen molar-refractivity contribution in [3.8, 4) is 5.75 Å². The van der Waals surface area contributed by atoms with E-state index >= 15 is 0 Å². The number of tetrazole rings is 1. The fraction of sp³-hybridized carbons (Fsp3) is 0.0500. The number of hydrogen-bond acceptors (Lipinski definition) is 7. The van der Waals surface area contributed by atoms with Crippen LogP contribution in [-0.4, -0.2) is 32.9 Å². The van der Waals surface area contributed by atoms with Crippen LogP contribution in [-0.2, 0) is 0 Å². The third-order valence-electron chi connectivity index (χ3n) is 4.63. The summed E-state index contributed by atoms with van der Waals surface area (Å²) in [4.78, 5) is 25.7. The third kappa shape index (κ3) is 2.28. The number of methoxy groups -OCH3 is 1. The topological polar surface area (TPSA) is 99.6 Å². The van der Waals surface area contributed by atoms with Gasteiger partial charge in [-0.3, -0.25) is 4.79 Å². The van der Waals surface area contributed by atoms with Crippen molar-refractivity contribution >= 4 is 33.3 Å². The molecule has 0 unspecified atom stereocenters. The zero-order chi connectivity index (χ0) is 19.3. The third-order valence-corrected chi connectivity index (χ3v) is 4.63. The molecule has 0 aliphatic carbocycles. The Morgan fingerprint density at radius 2 is 1.86 bits per heavy atom. The van der Waals surface area contributed by atoms with E-state index in [2.05, 4.69) is 15.5 Å². The van der Waals surface area contributed by atoms with Gasteiger partial charge in [0.05, 0.1) is 23.6 Å².